The third-order valence-electron chi connectivity index (χ3n) is 2.73. The predicted molar refractivity (Wildman–Crippen MR) is 66.6 cm³/mol. The molecule has 94 valence electrons. The highest BCUT2D eigenvalue weighted by molar-refractivity contribution is 9.10. The van der Waals surface area contributed by atoms with Crippen molar-refractivity contribution >= 4 is 26.0 Å². The second-order valence-corrected chi connectivity index (χ2v) is 6.79. The number of halogens is 2. The molecule has 0 atom stereocenters. The van der Waals surface area contributed by atoms with Crippen molar-refractivity contribution in [1.29, 1.82) is 0 Å². The topological polar surface area (TPSA) is 46.2 Å². The van der Waals surface area contributed by atoms with E-state index in [2.05, 4.69) is 20.7 Å². The van der Waals surface area contributed by atoms with Gasteiger partial charge in [-0.1, -0.05) is 12.8 Å². The minimum absolute atomic E-state index is 0.0784. The Hall–Kier alpha value is -0.460. The Balaban J connectivity index is 2.07. The van der Waals surface area contributed by atoms with Gasteiger partial charge in [-0.2, -0.15) is 0 Å². The van der Waals surface area contributed by atoms with Crippen LogP contribution in [-0.2, 0) is 10.0 Å². The van der Waals surface area contributed by atoms with Crippen molar-refractivity contribution in [3.05, 3.63) is 28.5 Å². The molecule has 0 radical (unpaired) electrons. The van der Waals surface area contributed by atoms with Gasteiger partial charge in [-0.25, -0.2) is 17.5 Å². The summed E-state index contributed by atoms with van der Waals surface area (Å²) in [5, 5.41) is 0. The molecule has 1 N–H and O–H groups in total. The fourth-order valence-corrected chi connectivity index (χ4v) is 3.67. The van der Waals surface area contributed by atoms with Gasteiger partial charge in [-0.05, 0) is 46.5 Å². The molecule has 0 bridgehead atoms. The van der Waals surface area contributed by atoms with Gasteiger partial charge in [-0.15, -0.1) is 0 Å². The van der Waals surface area contributed by atoms with E-state index in [0.717, 1.165) is 18.6 Å². The Labute approximate surface area is 109 Å². The molecule has 1 aromatic rings. The standard InChI is InChI=1S/C11H13BrFNO2S/c12-10-7-9(13)3-4-11(10)17(15,16)14-6-5-8-1-2-8/h3-4,7-8,14H,1-2,5-6H2. The van der Waals surface area contributed by atoms with E-state index >= 15 is 0 Å². The lowest BCUT2D eigenvalue weighted by molar-refractivity contribution is 0.574. The summed E-state index contributed by atoms with van der Waals surface area (Å²) in [6.45, 7) is 0.441. The van der Waals surface area contributed by atoms with Crippen LogP contribution in [0.3, 0.4) is 0 Å². The van der Waals surface area contributed by atoms with Gasteiger partial charge in [0.2, 0.25) is 10.0 Å². The van der Waals surface area contributed by atoms with E-state index in [1.54, 1.807) is 0 Å². The largest absolute Gasteiger partial charge is 0.241 e. The highest BCUT2D eigenvalue weighted by atomic mass is 79.9. The number of nitrogens with one attached hydrogen (secondary N) is 1. The summed E-state index contributed by atoms with van der Waals surface area (Å²) in [5.41, 5.74) is 0. The number of benzene rings is 1. The van der Waals surface area contributed by atoms with Gasteiger partial charge >= 0.3 is 0 Å². The first-order valence-electron chi connectivity index (χ1n) is 5.44. The quantitative estimate of drug-likeness (QED) is 0.906. The van der Waals surface area contributed by atoms with Crippen molar-refractivity contribution in [2.24, 2.45) is 5.92 Å². The normalized spacial score (nSPS) is 16.1. The fraction of sp³-hybridized carbons (Fsp3) is 0.455. The fourth-order valence-electron chi connectivity index (χ4n) is 1.57. The lowest BCUT2D eigenvalue weighted by Crippen LogP contribution is -2.25. The maximum absolute atomic E-state index is 12.9. The lowest BCUT2D eigenvalue weighted by Gasteiger charge is -2.08. The SMILES string of the molecule is O=S(=O)(NCCC1CC1)c1ccc(F)cc1Br. The smallest absolute Gasteiger partial charge is 0.211 e. The Morgan fingerprint density at radius 3 is 2.71 bits per heavy atom. The number of rotatable bonds is 5. The third-order valence-corrected chi connectivity index (χ3v) is 5.16. The molecule has 1 fully saturated rings. The summed E-state index contributed by atoms with van der Waals surface area (Å²) in [7, 11) is -3.54. The zero-order chi connectivity index (χ0) is 12.5. The van der Waals surface area contributed by atoms with Gasteiger partial charge in [0.1, 0.15) is 5.82 Å². The van der Waals surface area contributed by atoms with Gasteiger partial charge in [0.25, 0.3) is 0 Å². The Morgan fingerprint density at radius 1 is 1.41 bits per heavy atom. The second-order valence-electron chi connectivity index (χ2n) is 4.20. The molecular weight excluding hydrogens is 309 g/mol. The van der Waals surface area contributed by atoms with E-state index < -0.39 is 15.8 Å². The van der Waals surface area contributed by atoms with E-state index in [1.165, 1.54) is 18.9 Å². The monoisotopic (exact) mass is 321 g/mol. The Morgan fingerprint density at radius 2 is 2.12 bits per heavy atom. The van der Waals surface area contributed by atoms with E-state index in [0.29, 0.717) is 12.5 Å². The molecule has 2 rings (SSSR count). The first-order chi connectivity index (χ1) is 7.99. The summed E-state index contributed by atoms with van der Waals surface area (Å²) in [6, 6.07) is 3.55. The van der Waals surface area contributed by atoms with Crippen LogP contribution in [0, 0.1) is 11.7 Å². The molecule has 0 saturated heterocycles. The van der Waals surface area contributed by atoms with Crippen LogP contribution in [0.5, 0.6) is 0 Å². The summed E-state index contributed by atoms with van der Waals surface area (Å²) >= 11 is 3.06. The molecular formula is C11H13BrFNO2S. The summed E-state index contributed by atoms with van der Waals surface area (Å²) in [6.07, 6.45) is 3.27. The number of hydrogen-bond acceptors (Lipinski definition) is 2. The van der Waals surface area contributed by atoms with E-state index in [9.17, 15) is 12.8 Å². The molecule has 0 amide bonds. The molecule has 0 unspecified atom stereocenters. The van der Waals surface area contributed by atoms with Crippen LogP contribution in [0.4, 0.5) is 4.39 Å². The lowest BCUT2D eigenvalue weighted by atomic mass is 10.3. The van der Waals surface area contributed by atoms with Crippen LogP contribution in [0.2, 0.25) is 0 Å². The van der Waals surface area contributed by atoms with Crippen LogP contribution in [0.25, 0.3) is 0 Å². The van der Waals surface area contributed by atoms with Gasteiger partial charge in [0.15, 0.2) is 0 Å². The molecule has 1 aliphatic carbocycles. The van der Waals surface area contributed by atoms with Crippen molar-refractivity contribution in [2.75, 3.05) is 6.54 Å². The highest BCUT2D eigenvalue weighted by Gasteiger charge is 2.23. The van der Waals surface area contributed by atoms with E-state index in [4.69, 9.17) is 0 Å². The zero-order valence-electron chi connectivity index (χ0n) is 9.12. The second kappa shape index (κ2) is 5.04. The molecule has 0 spiro atoms. The van der Waals surface area contributed by atoms with Crippen LogP contribution in [0.15, 0.2) is 27.6 Å². The molecule has 17 heavy (non-hydrogen) atoms. The van der Waals surface area contributed by atoms with Crippen molar-refractivity contribution < 1.29 is 12.8 Å². The Bertz CT molecular complexity index is 514. The maximum Gasteiger partial charge on any atom is 0.241 e. The van der Waals surface area contributed by atoms with Crippen molar-refractivity contribution in [3.63, 3.8) is 0 Å². The number of hydrogen-bond donors (Lipinski definition) is 1. The summed E-state index contributed by atoms with van der Waals surface area (Å²) < 4.78 is 39.4. The first kappa shape index (κ1) is 13.0. The summed E-state index contributed by atoms with van der Waals surface area (Å²) in [4.78, 5) is 0.0784. The number of sulfonamides is 1. The molecule has 0 aliphatic heterocycles. The highest BCUT2D eigenvalue weighted by Crippen LogP contribution is 2.32. The van der Waals surface area contributed by atoms with Crippen LogP contribution in [0.1, 0.15) is 19.3 Å². The zero-order valence-corrected chi connectivity index (χ0v) is 11.5. The first-order valence-corrected chi connectivity index (χ1v) is 7.71. The minimum atomic E-state index is -3.54. The van der Waals surface area contributed by atoms with Gasteiger partial charge in [0, 0.05) is 11.0 Å². The molecule has 0 aromatic heterocycles. The average Bonchev–Trinajstić information content (AvgIpc) is 3.00. The average molecular weight is 322 g/mol. The Kier molecular flexibility index (Phi) is 3.85. The van der Waals surface area contributed by atoms with Crippen molar-refractivity contribution in [1.82, 2.24) is 4.72 Å². The molecule has 1 saturated carbocycles. The van der Waals surface area contributed by atoms with Crippen molar-refractivity contribution in [2.45, 2.75) is 24.2 Å². The van der Waals surface area contributed by atoms with E-state index in [1.807, 2.05) is 0 Å². The van der Waals surface area contributed by atoms with Crippen LogP contribution in [-0.4, -0.2) is 15.0 Å². The maximum atomic E-state index is 12.9. The third kappa shape index (κ3) is 3.50. The van der Waals surface area contributed by atoms with E-state index in [-0.39, 0.29) is 9.37 Å². The molecule has 1 aliphatic rings. The molecule has 6 heteroatoms. The summed E-state index contributed by atoms with van der Waals surface area (Å²) in [5.74, 6) is 0.211. The van der Waals surface area contributed by atoms with Gasteiger partial charge in [0.05, 0.1) is 4.90 Å². The molecule has 3 nitrogen and oxygen atoms in total. The molecule has 1 aromatic carbocycles. The predicted octanol–water partition coefficient (Wildman–Crippen LogP) is 2.67. The van der Waals surface area contributed by atoms with Gasteiger partial charge < -0.3 is 0 Å². The molecule has 0 heterocycles. The van der Waals surface area contributed by atoms with Crippen LogP contribution >= 0.6 is 15.9 Å². The van der Waals surface area contributed by atoms with Crippen LogP contribution < -0.4 is 4.72 Å². The minimum Gasteiger partial charge on any atom is -0.211 e. The van der Waals surface area contributed by atoms with Gasteiger partial charge in [-0.3, -0.25) is 0 Å². The van der Waals surface area contributed by atoms with Crippen molar-refractivity contribution in [3.8, 4) is 0 Å².